The van der Waals surface area contributed by atoms with Crippen molar-refractivity contribution in [2.75, 3.05) is 0 Å². The van der Waals surface area contributed by atoms with Crippen LogP contribution in [0.5, 0.6) is 0 Å². The van der Waals surface area contributed by atoms with Gasteiger partial charge in [-0.3, -0.25) is 0 Å². The third-order valence-electron chi connectivity index (χ3n) is 4.50. The largest absolute Gasteiger partial charge is 0.324 e. The molecule has 1 nitrogen and oxygen atoms in total. The van der Waals surface area contributed by atoms with E-state index in [0.29, 0.717) is 11.8 Å². The number of benzene rings is 2. The summed E-state index contributed by atoms with van der Waals surface area (Å²) in [4.78, 5) is 0. The Hall–Kier alpha value is -1.31. The Morgan fingerprint density at radius 3 is 2.45 bits per heavy atom. The maximum atomic E-state index is 6.46. The minimum absolute atomic E-state index is 0.0343. The third-order valence-corrected chi connectivity index (χ3v) is 4.83. The first-order valence-electron chi connectivity index (χ1n) is 7.15. The van der Waals surface area contributed by atoms with E-state index in [-0.39, 0.29) is 6.04 Å². The fraction of sp³-hybridized carbons (Fsp3) is 0.333. The summed E-state index contributed by atoms with van der Waals surface area (Å²) in [6.45, 7) is 4.20. The van der Waals surface area contributed by atoms with Crippen molar-refractivity contribution < 1.29 is 0 Å². The van der Waals surface area contributed by atoms with Crippen LogP contribution in [-0.2, 0) is 0 Å². The second-order valence-corrected chi connectivity index (χ2v) is 6.31. The van der Waals surface area contributed by atoms with Gasteiger partial charge in [-0.1, -0.05) is 48.0 Å². The molecular weight excluding hydrogens is 266 g/mol. The summed E-state index contributed by atoms with van der Waals surface area (Å²) < 4.78 is 0. The second kappa shape index (κ2) is 5.23. The summed E-state index contributed by atoms with van der Waals surface area (Å²) in [5, 5.41) is 0.805. The highest BCUT2D eigenvalue weighted by atomic mass is 35.5. The maximum absolute atomic E-state index is 6.46. The van der Waals surface area contributed by atoms with Crippen LogP contribution in [0.15, 0.2) is 42.5 Å². The molecule has 20 heavy (non-hydrogen) atoms. The molecule has 3 rings (SSSR count). The average Bonchev–Trinajstić information content (AvgIpc) is 3.23. The van der Waals surface area contributed by atoms with Gasteiger partial charge in [0, 0.05) is 11.1 Å². The summed E-state index contributed by atoms with van der Waals surface area (Å²) in [7, 11) is 0. The van der Waals surface area contributed by atoms with Crippen LogP contribution in [0.2, 0.25) is 5.02 Å². The molecule has 104 valence electrons. The zero-order valence-electron chi connectivity index (χ0n) is 11.9. The van der Waals surface area contributed by atoms with Crippen molar-refractivity contribution in [1.82, 2.24) is 0 Å². The van der Waals surface area contributed by atoms with Crippen molar-refractivity contribution in [1.29, 1.82) is 0 Å². The predicted octanol–water partition coefficient (Wildman–Crippen LogP) is 4.76. The van der Waals surface area contributed by atoms with Crippen LogP contribution in [-0.4, -0.2) is 0 Å². The Labute approximate surface area is 125 Å². The van der Waals surface area contributed by atoms with Crippen molar-refractivity contribution >= 4 is 11.6 Å². The molecule has 2 N–H and O–H groups in total. The number of nitrogens with two attached hydrogens (primary N) is 1. The van der Waals surface area contributed by atoms with Gasteiger partial charge < -0.3 is 5.73 Å². The zero-order chi connectivity index (χ0) is 14.3. The van der Waals surface area contributed by atoms with Crippen LogP contribution in [0, 0.1) is 19.8 Å². The molecule has 3 atom stereocenters. The lowest BCUT2D eigenvalue weighted by Gasteiger charge is -2.16. The van der Waals surface area contributed by atoms with Gasteiger partial charge in [0.05, 0.1) is 0 Å². The number of aryl methyl sites for hydroxylation is 2. The Morgan fingerprint density at radius 1 is 1.10 bits per heavy atom. The number of hydrogen-bond donors (Lipinski definition) is 1. The Kier molecular flexibility index (Phi) is 3.57. The Morgan fingerprint density at radius 2 is 1.75 bits per heavy atom. The highest BCUT2D eigenvalue weighted by Gasteiger charge is 2.43. The van der Waals surface area contributed by atoms with E-state index in [0.717, 1.165) is 17.0 Å². The summed E-state index contributed by atoms with van der Waals surface area (Å²) in [5.41, 5.74) is 11.4. The van der Waals surface area contributed by atoms with Gasteiger partial charge in [-0.25, -0.2) is 0 Å². The van der Waals surface area contributed by atoms with Gasteiger partial charge in [0.1, 0.15) is 0 Å². The molecule has 0 amide bonds. The molecule has 0 bridgehead atoms. The minimum Gasteiger partial charge on any atom is -0.324 e. The number of halogens is 1. The lowest BCUT2D eigenvalue weighted by Crippen LogP contribution is -2.14. The molecule has 1 aliphatic rings. The van der Waals surface area contributed by atoms with Crippen molar-refractivity contribution in [2.45, 2.75) is 32.2 Å². The summed E-state index contributed by atoms with van der Waals surface area (Å²) in [5.74, 6) is 1.10. The van der Waals surface area contributed by atoms with E-state index in [1.165, 1.54) is 16.7 Å². The summed E-state index contributed by atoms with van der Waals surface area (Å²) >= 11 is 6.38. The van der Waals surface area contributed by atoms with Crippen molar-refractivity contribution in [3.63, 3.8) is 0 Å². The van der Waals surface area contributed by atoms with Gasteiger partial charge >= 0.3 is 0 Å². The zero-order valence-corrected chi connectivity index (χ0v) is 12.7. The van der Waals surface area contributed by atoms with E-state index in [2.05, 4.69) is 50.2 Å². The highest BCUT2D eigenvalue weighted by Crippen LogP contribution is 2.53. The Balaban J connectivity index is 1.82. The van der Waals surface area contributed by atoms with Crippen molar-refractivity contribution in [3.8, 4) is 0 Å². The number of hydrogen-bond acceptors (Lipinski definition) is 1. The highest BCUT2D eigenvalue weighted by molar-refractivity contribution is 6.31. The van der Waals surface area contributed by atoms with E-state index in [1.54, 1.807) is 0 Å². The van der Waals surface area contributed by atoms with E-state index in [1.807, 2.05) is 6.07 Å². The van der Waals surface area contributed by atoms with Gasteiger partial charge in [-0.2, -0.15) is 0 Å². The molecule has 1 aliphatic carbocycles. The summed E-state index contributed by atoms with van der Waals surface area (Å²) in [6, 6.07) is 14.9. The molecule has 0 aliphatic heterocycles. The molecule has 0 spiro atoms. The van der Waals surface area contributed by atoms with E-state index < -0.39 is 0 Å². The number of rotatable bonds is 3. The quantitative estimate of drug-likeness (QED) is 0.864. The lowest BCUT2D eigenvalue weighted by atomic mass is 9.96. The molecule has 2 aromatic rings. The van der Waals surface area contributed by atoms with Gasteiger partial charge in [-0.15, -0.1) is 0 Å². The van der Waals surface area contributed by atoms with E-state index in [9.17, 15) is 0 Å². The standard InChI is InChI=1S/C18H20ClN/c1-11-8-16(17(19)9-12(11)2)18(20)15-10-14(15)13-6-4-3-5-7-13/h3-9,14-15,18H,10,20H2,1-2H3. The average molecular weight is 286 g/mol. The molecule has 1 fully saturated rings. The lowest BCUT2D eigenvalue weighted by molar-refractivity contribution is 0.615. The molecular formula is C18H20ClN. The first-order chi connectivity index (χ1) is 9.58. The Bertz CT molecular complexity index is 621. The monoisotopic (exact) mass is 285 g/mol. The van der Waals surface area contributed by atoms with Crippen molar-refractivity contribution in [2.24, 2.45) is 11.7 Å². The molecule has 3 unspecified atom stereocenters. The molecule has 2 aromatic carbocycles. The normalized spacial score (nSPS) is 22.6. The van der Waals surface area contributed by atoms with Gasteiger partial charge in [-0.05, 0) is 60.4 Å². The molecule has 2 heteroatoms. The van der Waals surface area contributed by atoms with Gasteiger partial charge in [0.25, 0.3) is 0 Å². The summed E-state index contributed by atoms with van der Waals surface area (Å²) in [6.07, 6.45) is 1.16. The fourth-order valence-corrected chi connectivity index (χ4v) is 3.33. The van der Waals surface area contributed by atoms with E-state index in [4.69, 9.17) is 17.3 Å². The first-order valence-corrected chi connectivity index (χ1v) is 7.53. The van der Waals surface area contributed by atoms with Crippen LogP contribution in [0.3, 0.4) is 0 Å². The molecule has 0 heterocycles. The predicted molar refractivity (Wildman–Crippen MR) is 85.1 cm³/mol. The molecule has 1 saturated carbocycles. The molecule has 0 radical (unpaired) electrons. The van der Waals surface area contributed by atoms with Gasteiger partial charge in [0.15, 0.2) is 0 Å². The SMILES string of the molecule is Cc1cc(Cl)c(C(N)C2CC2c2ccccc2)cc1C. The van der Waals surface area contributed by atoms with E-state index >= 15 is 0 Å². The minimum atomic E-state index is 0.0343. The van der Waals surface area contributed by atoms with Crippen LogP contribution >= 0.6 is 11.6 Å². The van der Waals surface area contributed by atoms with Crippen LogP contribution in [0.1, 0.15) is 40.6 Å². The topological polar surface area (TPSA) is 26.0 Å². The molecule has 0 saturated heterocycles. The van der Waals surface area contributed by atoms with Crippen LogP contribution < -0.4 is 5.73 Å². The van der Waals surface area contributed by atoms with Crippen LogP contribution in [0.4, 0.5) is 0 Å². The fourth-order valence-electron chi connectivity index (χ4n) is 2.98. The maximum Gasteiger partial charge on any atom is 0.0456 e. The van der Waals surface area contributed by atoms with Crippen LogP contribution in [0.25, 0.3) is 0 Å². The van der Waals surface area contributed by atoms with Crippen molar-refractivity contribution in [3.05, 3.63) is 69.7 Å². The van der Waals surface area contributed by atoms with Gasteiger partial charge in [0.2, 0.25) is 0 Å². The third kappa shape index (κ3) is 2.48. The first kappa shape index (κ1) is 13.7. The second-order valence-electron chi connectivity index (χ2n) is 5.90. The molecule has 0 aromatic heterocycles. The smallest absolute Gasteiger partial charge is 0.0456 e.